The summed E-state index contributed by atoms with van der Waals surface area (Å²) in [7, 11) is 0. The van der Waals surface area contributed by atoms with E-state index in [2.05, 4.69) is 4.74 Å². The van der Waals surface area contributed by atoms with Crippen LogP contribution in [-0.2, 0) is 9.47 Å². The second-order valence-corrected chi connectivity index (χ2v) is 10.8. The number of ether oxygens (including phenoxy) is 4. The van der Waals surface area contributed by atoms with Crippen molar-refractivity contribution in [3.8, 4) is 22.6 Å². The third-order valence-corrected chi connectivity index (χ3v) is 7.71. The molecule has 0 unspecified atom stereocenters. The molecule has 1 saturated carbocycles. The highest BCUT2D eigenvalue weighted by Gasteiger charge is 2.44. The van der Waals surface area contributed by atoms with Crippen molar-refractivity contribution in [3.05, 3.63) is 82.9 Å². The fourth-order valence-electron chi connectivity index (χ4n) is 5.50. The average molecular weight is 599 g/mol. The van der Waals surface area contributed by atoms with E-state index in [1.165, 1.54) is 6.07 Å². The molecule has 3 aromatic carbocycles. The molecule has 1 heterocycles. The van der Waals surface area contributed by atoms with Crippen LogP contribution in [-0.4, -0.2) is 26.2 Å². The van der Waals surface area contributed by atoms with Gasteiger partial charge in [-0.3, -0.25) is 0 Å². The maximum absolute atomic E-state index is 15.1. The molecule has 4 nitrogen and oxygen atoms in total. The Bertz CT molecular complexity index is 1380. The molecule has 5 rings (SSSR count). The molecule has 226 valence electrons. The minimum atomic E-state index is -3.64. The van der Waals surface area contributed by atoms with Gasteiger partial charge in [-0.1, -0.05) is 19.1 Å². The molecule has 3 aromatic rings. The molecule has 1 saturated heterocycles. The van der Waals surface area contributed by atoms with Crippen molar-refractivity contribution < 1.29 is 49.7 Å². The lowest BCUT2D eigenvalue weighted by atomic mass is 9.78. The van der Waals surface area contributed by atoms with E-state index < -0.39 is 59.9 Å². The number of halogens is 7. The smallest absolute Gasteiger partial charge is 0.400 e. The number of hydrogen-bond donors (Lipinski definition) is 0. The molecule has 0 spiro atoms. The highest BCUT2D eigenvalue weighted by Crippen LogP contribution is 2.44. The van der Waals surface area contributed by atoms with Crippen molar-refractivity contribution in [2.75, 3.05) is 20.1 Å². The van der Waals surface area contributed by atoms with E-state index in [0.29, 0.717) is 43.2 Å². The van der Waals surface area contributed by atoms with Gasteiger partial charge in [0.2, 0.25) is 6.86 Å². The van der Waals surface area contributed by atoms with Gasteiger partial charge in [-0.05, 0) is 73.1 Å². The molecule has 0 bridgehead atoms. The standard InChI is InChI=1S/C31H29F7O4/c1-17-14-39-30(40-15-17)19-4-8-23(25(33)10-19)18-2-5-21(6-3-18)31(37,38)42-22-7-9-24(26(34)13-22)20-11-27(35)29(41-16-32)28(36)12-20/h4,7-13,17-18,21,30H,2-3,5-6,14-16H2,1H3. The lowest BCUT2D eigenvalue weighted by molar-refractivity contribution is -0.222. The molecule has 42 heavy (non-hydrogen) atoms. The van der Waals surface area contributed by atoms with Crippen molar-refractivity contribution in [2.24, 2.45) is 11.8 Å². The van der Waals surface area contributed by atoms with Gasteiger partial charge in [0, 0.05) is 23.1 Å². The number of alkyl halides is 3. The molecule has 0 atom stereocenters. The van der Waals surface area contributed by atoms with Gasteiger partial charge >= 0.3 is 6.11 Å². The van der Waals surface area contributed by atoms with Crippen molar-refractivity contribution in [3.63, 3.8) is 0 Å². The topological polar surface area (TPSA) is 36.9 Å². The summed E-state index contributed by atoms with van der Waals surface area (Å²) in [6, 6.07) is 9.06. The van der Waals surface area contributed by atoms with E-state index in [1.807, 2.05) is 6.92 Å². The van der Waals surface area contributed by atoms with Gasteiger partial charge in [0.05, 0.1) is 19.1 Å². The summed E-state index contributed by atoms with van der Waals surface area (Å²) >= 11 is 0. The molecule has 0 radical (unpaired) electrons. The van der Waals surface area contributed by atoms with Crippen molar-refractivity contribution in [2.45, 2.75) is 50.9 Å². The van der Waals surface area contributed by atoms with E-state index in [4.69, 9.17) is 14.2 Å². The fourth-order valence-corrected chi connectivity index (χ4v) is 5.50. The summed E-state index contributed by atoms with van der Waals surface area (Å²) in [5, 5.41) is 0. The first kappa shape index (κ1) is 30.2. The van der Waals surface area contributed by atoms with Crippen LogP contribution >= 0.6 is 0 Å². The van der Waals surface area contributed by atoms with E-state index in [0.717, 1.165) is 24.3 Å². The lowest BCUT2D eigenvalue weighted by Crippen LogP contribution is -2.37. The quantitative estimate of drug-likeness (QED) is 0.243. The summed E-state index contributed by atoms with van der Waals surface area (Å²) in [5.74, 6) is -6.59. The summed E-state index contributed by atoms with van der Waals surface area (Å²) < 4.78 is 121. The first-order valence-electron chi connectivity index (χ1n) is 13.6. The predicted octanol–water partition coefficient (Wildman–Crippen LogP) is 8.84. The Balaban J connectivity index is 1.21. The Morgan fingerprint density at radius 2 is 1.48 bits per heavy atom. The van der Waals surface area contributed by atoms with Crippen molar-refractivity contribution in [1.82, 2.24) is 0 Å². The number of rotatable bonds is 8. The molecule has 0 aromatic heterocycles. The molecular weight excluding hydrogens is 569 g/mol. The highest BCUT2D eigenvalue weighted by molar-refractivity contribution is 5.66. The molecule has 2 aliphatic rings. The Morgan fingerprint density at radius 3 is 2.07 bits per heavy atom. The molecule has 1 aliphatic heterocycles. The maximum Gasteiger partial charge on any atom is 0.400 e. The first-order valence-corrected chi connectivity index (χ1v) is 13.6. The number of benzene rings is 3. The zero-order valence-corrected chi connectivity index (χ0v) is 22.7. The second kappa shape index (κ2) is 12.5. The summed E-state index contributed by atoms with van der Waals surface area (Å²) in [6.45, 7) is 1.55. The second-order valence-electron chi connectivity index (χ2n) is 10.8. The number of hydrogen-bond acceptors (Lipinski definition) is 4. The minimum absolute atomic E-state index is 0.0536. The lowest BCUT2D eigenvalue weighted by Gasteiger charge is -2.34. The van der Waals surface area contributed by atoms with Crippen LogP contribution in [0.25, 0.3) is 11.1 Å². The largest absolute Gasteiger partial charge is 0.457 e. The van der Waals surface area contributed by atoms with Crippen LogP contribution < -0.4 is 9.47 Å². The first-order chi connectivity index (χ1) is 20.1. The molecule has 2 fully saturated rings. The molecular formula is C31H29F7O4. The molecule has 0 N–H and O–H groups in total. The van der Waals surface area contributed by atoms with Crippen LogP contribution in [0.5, 0.6) is 11.5 Å². The van der Waals surface area contributed by atoms with Gasteiger partial charge in [-0.2, -0.15) is 8.78 Å². The van der Waals surface area contributed by atoms with Gasteiger partial charge in [0.15, 0.2) is 23.7 Å². The summed E-state index contributed by atoms with van der Waals surface area (Å²) in [6.07, 6.45) is -3.56. The van der Waals surface area contributed by atoms with Gasteiger partial charge in [0.1, 0.15) is 17.4 Å². The van der Waals surface area contributed by atoms with E-state index >= 15 is 8.78 Å². The zero-order chi connectivity index (χ0) is 30.0. The molecule has 11 heteroatoms. The van der Waals surface area contributed by atoms with E-state index in [-0.39, 0.29) is 35.8 Å². The predicted molar refractivity (Wildman–Crippen MR) is 139 cm³/mol. The Labute approximate surface area is 238 Å². The Morgan fingerprint density at radius 1 is 0.810 bits per heavy atom. The minimum Gasteiger partial charge on any atom is -0.457 e. The normalized spacial score (nSPS) is 23.0. The summed E-state index contributed by atoms with van der Waals surface area (Å²) in [5.41, 5.74) is 0.493. The Kier molecular flexibility index (Phi) is 8.98. The van der Waals surface area contributed by atoms with Gasteiger partial charge in [-0.25, -0.2) is 22.0 Å². The van der Waals surface area contributed by atoms with E-state index in [9.17, 15) is 22.0 Å². The van der Waals surface area contributed by atoms with Crippen LogP contribution in [0, 0.1) is 35.1 Å². The van der Waals surface area contributed by atoms with Crippen LogP contribution in [0.3, 0.4) is 0 Å². The third-order valence-electron chi connectivity index (χ3n) is 7.71. The van der Waals surface area contributed by atoms with Gasteiger partial charge in [-0.15, -0.1) is 0 Å². The maximum atomic E-state index is 15.1. The van der Waals surface area contributed by atoms with Gasteiger partial charge in [0.25, 0.3) is 0 Å². The van der Waals surface area contributed by atoms with Crippen LogP contribution in [0.15, 0.2) is 48.5 Å². The highest BCUT2D eigenvalue weighted by atomic mass is 19.3. The third kappa shape index (κ3) is 6.52. The average Bonchev–Trinajstić information content (AvgIpc) is 2.95. The van der Waals surface area contributed by atoms with Gasteiger partial charge < -0.3 is 18.9 Å². The zero-order valence-electron chi connectivity index (χ0n) is 22.7. The van der Waals surface area contributed by atoms with Crippen LogP contribution in [0.4, 0.5) is 30.7 Å². The Hall–Kier alpha value is -3.31. The molecule has 0 amide bonds. The fraction of sp³-hybridized carbons (Fsp3) is 0.419. The summed E-state index contributed by atoms with van der Waals surface area (Å²) in [4.78, 5) is 0. The SMILES string of the molecule is CC1COC(c2ccc(C3CCC(C(F)(F)Oc4ccc(-c5cc(F)c(OCF)c(F)c5)c(F)c4)CC3)c(F)c2)OC1. The monoisotopic (exact) mass is 598 g/mol. The van der Waals surface area contributed by atoms with E-state index in [1.54, 1.807) is 12.1 Å². The van der Waals surface area contributed by atoms with Crippen LogP contribution in [0.2, 0.25) is 0 Å². The van der Waals surface area contributed by atoms with Crippen molar-refractivity contribution >= 4 is 0 Å². The molecule has 1 aliphatic carbocycles. The van der Waals surface area contributed by atoms with Crippen molar-refractivity contribution in [1.29, 1.82) is 0 Å². The van der Waals surface area contributed by atoms with Crippen LogP contribution in [0.1, 0.15) is 55.9 Å².